The summed E-state index contributed by atoms with van der Waals surface area (Å²) in [5.74, 6) is -2.06. The second kappa shape index (κ2) is 6.31. The van der Waals surface area contributed by atoms with Crippen molar-refractivity contribution >= 4 is 29.2 Å². The Morgan fingerprint density at radius 3 is 2.59 bits per heavy atom. The zero-order valence-electron chi connectivity index (χ0n) is 11.9. The maximum Gasteiger partial charge on any atom is 0.308 e. The lowest BCUT2D eigenvalue weighted by Gasteiger charge is -2.24. The van der Waals surface area contributed by atoms with Gasteiger partial charge in [-0.1, -0.05) is 18.5 Å². The summed E-state index contributed by atoms with van der Waals surface area (Å²) in [4.78, 5) is 35.1. The zero-order valence-corrected chi connectivity index (χ0v) is 12.6. The molecule has 1 unspecified atom stereocenters. The van der Waals surface area contributed by atoms with E-state index in [1.165, 1.54) is 24.0 Å². The Morgan fingerprint density at radius 2 is 2.14 bits per heavy atom. The third-order valence-corrected chi connectivity index (χ3v) is 3.85. The summed E-state index contributed by atoms with van der Waals surface area (Å²) in [5.41, 5.74) is -0.0461. The number of halogens is 1. The molecule has 1 aliphatic rings. The Labute approximate surface area is 131 Å². The van der Waals surface area contributed by atoms with Crippen LogP contribution in [0.15, 0.2) is 18.2 Å². The minimum atomic E-state index is -0.978. The number of non-ortho nitro benzene ring substituents is 1. The molecule has 1 saturated carbocycles. The van der Waals surface area contributed by atoms with Gasteiger partial charge in [0.05, 0.1) is 21.4 Å². The van der Waals surface area contributed by atoms with E-state index in [2.05, 4.69) is 0 Å². The lowest BCUT2D eigenvalue weighted by atomic mass is 10.1. The Kier molecular flexibility index (Phi) is 4.65. The molecule has 1 aromatic rings. The van der Waals surface area contributed by atoms with Crippen molar-refractivity contribution in [3.63, 3.8) is 0 Å². The number of carbonyl (C=O) groups excluding carboxylic acids is 1. The average Bonchev–Trinajstić information content (AvgIpc) is 3.27. The molecule has 0 bridgehead atoms. The van der Waals surface area contributed by atoms with Gasteiger partial charge in [-0.2, -0.15) is 0 Å². The van der Waals surface area contributed by atoms with Crippen LogP contribution in [0, 0.1) is 16.0 Å². The molecular formula is C14H15ClN2O5. The van der Waals surface area contributed by atoms with E-state index in [1.54, 1.807) is 0 Å². The molecule has 7 nitrogen and oxygen atoms in total. The topological polar surface area (TPSA) is 101 Å². The first-order valence-corrected chi connectivity index (χ1v) is 7.16. The summed E-state index contributed by atoms with van der Waals surface area (Å²) in [5, 5.41) is 19.7. The van der Waals surface area contributed by atoms with Gasteiger partial charge in [-0.25, -0.2) is 0 Å². The highest BCUT2D eigenvalue weighted by Crippen LogP contribution is 2.31. The first-order chi connectivity index (χ1) is 10.3. The van der Waals surface area contributed by atoms with Crippen molar-refractivity contribution in [2.75, 3.05) is 6.54 Å². The van der Waals surface area contributed by atoms with Gasteiger partial charge in [0.2, 0.25) is 0 Å². The number of amides is 1. The van der Waals surface area contributed by atoms with E-state index < -0.39 is 22.7 Å². The van der Waals surface area contributed by atoms with Crippen LogP contribution in [0.5, 0.6) is 0 Å². The number of nitro groups is 1. The van der Waals surface area contributed by atoms with Gasteiger partial charge in [0, 0.05) is 24.7 Å². The van der Waals surface area contributed by atoms with Crippen molar-refractivity contribution in [2.24, 2.45) is 5.92 Å². The third-order valence-electron chi connectivity index (χ3n) is 3.53. The standard InChI is InChI=1S/C14H15ClN2O5/c1-8(14(19)20)7-16(9-2-3-9)13(18)11-5-4-10(17(21)22)6-12(11)15/h4-6,8-9H,2-3,7H2,1H3,(H,19,20). The first-order valence-electron chi connectivity index (χ1n) is 6.79. The molecule has 0 aromatic heterocycles. The number of rotatable bonds is 6. The van der Waals surface area contributed by atoms with Crippen molar-refractivity contribution in [1.82, 2.24) is 4.90 Å². The normalized spacial score (nSPS) is 15.2. The molecule has 0 radical (unpaired) electrons. The molecule has 1 aliphatic carbocycles. The fraction of sp³-hybridized carbons (Fsp3) is 0.429. The second-order valence-corrected chi connectivity index (χ2v) is 5.76. The average molecular weight is 327 g/mol. The van der Waals surface area contributed by atoms with Gasteiger partial charge >= 0.3 is 5.97 Å². The van der Waals surface area contributed by atoms with Gasteiger partial charge < -0.3 is 10.0 Å². The van der Waals surface area contributed by atoms with E-state index in [0.29, 0.717) is 0 Å². The number of aliphatic carboxylic acids is 1. The molecule has 1 N–H and O–H groups in total. The number of carboxylic acid groups (broad SMARTS) is 1. The van der Waals surface area contributed by atoms with Crippen LogP contribution in [0.25, 0.3) is 0 Å². The van der Waals surface area contributed by atoms with Crippen molar-refractivity contribution in [2.45, 2.75) is 25.8 Å². The molecule has 0 aliphatic heterocycles. The Morgan fingerprint density at radius 1 is 1.50 bits per heavy atom. The number of benzene rings is 1. The lowest BCUT2D eigenvalue weighted by Crippen LogP contribution is -2.38. The molecule has 1 aromatic carbocycles. The molecule has 0 saturated heterocycles. The number of nitro benzene ring substituents is 1. The molecule has 0 heterocycles. The number of carbonyl (C=O) groups is 2. The van der Waals surface area contributed by atoms with Gasteiger partial charge in [0.1, 0.15) is 0 Å². The second-order valence-electron chi connectivity index (χ2n) is 5.35. The largest absolute Gasteiger partial charge is 0.481 e. The quantitative estimate of drug-likeness (QED) is 0.639. The predicted octanol–water partition coefficient (Wildman–Crippen LogP) is 2.57. The van der Waals surface area contributed by atoms with Crippen LogP contribution >= 0.6 is 11.6 Å². The lowest BCUT2D eigenvalue weighted by molar-refractivity contribution is -0.384. The Hall–Kier alpha value is -2.15. The minimum absolute atomic E-state index is 0.00664. The number of carboxylic acids is 1. The Balaban J connectivity index is 2.24. The highest BCUT2D eigenvalue weighted by atomic mass is 35.5. The summed E-state index contributed by atoms with van der Waals surface area (Å²) >= 11 is 5.97. The van der Waals surface area contributed by atoms with Crippen LogP contribution in [0.2, 0.25) is 5.02 Å². The van der Waals surface area contributed by atoms with Crippen molar-refractivity contribution < 1.29 is 19.6 Å². The Bertz CT molecular complexity index is 630. The summed E-state index contributed by atoms with van der Waals surface area (Å²) in [6.07, 6.45) is 1.64. The SMILES string of the molecule is CC(CN(C(=O)c1ccc([N+](=O)[O-])cc1Cl)C1CC1)C(=O)O. The fourth-order valence-electron chi connectivity index (χ4n) is 2.10. The van der Waals surface area contributed by atoms with Crippen LogP contribution in [0.4, 0.5) is 5.69 Å². The summed E-state index contributed by atoms with van der Waals surface area (Å²) in [6.45, 7) is 1.62. The van der Waals surface area contributed by atoms with Crippen LogP contribution in [-0.2, 0) is 4.79 Å². The molecule has 1 atom stereocenters. The van der Waals surface area contributed by atoms with Gasteiger partial charge in [0.25, 0.3) is 11.6 Å². The van der Waals surface area contributed by atoms with E-state index in [4.69, 9.17) is 16.7 Å². The van der Waals surface area contributed by atoms with E-state index in [-0.39, 0.29) is 28.9 Å². The summed E-state index contributed by atoms with van der Waals surface area (Å²) in [6, 6.07) is 3.66. The molecule has 1 amide bonds. The smallest absolute Gasteiger partial charge is 0.308 e. The first kappa shape index (κ1) is 16.2. The summed E-state index contributed by atoms with van der Waals surface area (Å²) < 4.78 is 0. The predicted molar refractivity (Wildman–Crippen MR) is 79.0 cm³/mol. The number of hydrogen-bond acceptors (Lipinski definition) is 4. The van der Waals surface area contributed by atoms with Gasteiger partial charge in [-0.15, -0.1) is 0 Å². The van der Waals surface area contributed by atoms with Crippen LogP contribution in [-0.4, -0.2) is 39.4 Å². The van der Waals surface area contributed by atoms with Crippen LogP contribution in [0.3, 0.4) is 0 Å². The third kappa shape index (κ3) is 3.54. The van der Waals surface area contributed by atoms with Crippen LogP contribution < -0.4 is 0 Å². The maximum atomic E-state index is 12.6. The van der Waals surface area contributed by atoms with Crippen molar-refractivity contribution in [1.29, 1.82) is 0 Å². The number of nitrogens with zero attached hydrogens (tertiary/aromatic N) is 2. The fourth-order valence-corrected chi connectivity index (χ4v) is 2.36. The van der Waals surface area contributed by atoms with E-state index in [1.807, 2.05) is 0 Å². The molecular weight excluding hydrogens is 312 g/mol. The van der Waals surface area contributed by atoms with E-state index >= 15 is 0 Å². The molecule has 2 rings (SSSR count). The molecule has 1 fully saturated rings. The molecule has 0 spiro atoms. The summed E-state index contributed by atoms with van der Waals surface area (Å²) in [7, 11) is 0. The van der Waals surface area contributed by atoms with E-state index in [9.17, 15) is 19.7 Å². The highest BCUT2D eigenvalue weighted by molar-refractivity contribution is 6.34. The van der Waals surface area contributed by atoms with Gasteiger partial charge in [-0.05, 0) is 18.9 Å². The van der Waals surface area contributed by atoms with E-state index in [0.717, 1.165) is 18.9 Å². The van der Waals surface area contributed by atoms with Crippen molar-refractivity contribution in [3.05, 3.63) is 38.9 Å². The maximum absolute atomic E-state index is 12.6. The van der Waals surface area contributed by atoms with Crippen LogP contribution in [0.1, 0.15) is 30.1 Å². The highest BCUT2D eigenvalue weighted by Gasteiger charge is 2.35. The monoisotopic (exact) mass is 326 g/mol. The number of hydrogen-bond donors (Lipinski definition) is 1. The van der Waals surface area contributed by atoms with Gasteiger partial charge in [-0.3, -0.25) is 19.7 Å². The van der Waals surface area contributed by atoms with Crippen molar-refractivity contribution in [3.8, 4) is 0 Å². The molecule has 8 heteroatoms. The zero-order chi connectivity index (χ0) is 16.4. The van der Waals surface area contributed by atoms with Gasteiger partial charge in [0.15, 0.2) is 0 Å². The minimum Gasteiger partial charge on any atom is -0.481 e. The molecule has 22 heavy (non-hydrogen) atoms. The molecule has 118 valence electrons.